The first kappa shape index (κ1) is 18.6. The second kappa shape index (κ2) is 7.87. The van der Waals surface area contributed by atoms with E-state index in [-0.39, 0.29) is 18.7 Å². The fourth-order valence-corrected chi connectivity index (χ4v) is 2.61. The minimum atomic E-state index is -2.77. The number of carboxylic acid groups (broad SMARTS) is 1. The maximum absolute atomic E-state index is 12.8. The van der Waals surface area contributed by atoms with Crippen LogP contribution in [0.5, 0.6) is 0 Å². The number of nitrogens with zero attached hydrogens (tertiary/aromatic N) is 2. The van der Waals surface area contributed by atoms with Crippen LogP contribution in [-0.2, 0) is 16.0 Å². The summed E-state index contributed by atoms with van der Waals surface area (Å²) in [7, 11) is 0. The van der Waals surface area contributed by atoms with Crippen molar-refractivity contribution in [3.8, 4) is 0 Å². The van der Waals surface area contributed by atoms with Gasteiger partial charge in [-0.3, -0.25) is 9.59 Å². The molecule has 2 aromatic rings. The van der Waals surface area contributed by atoms with Gasteiger partial charge in [-0.1, -0.05) is 30.3 Å². The van der Waals surface area contributed by atoms with E-state index in [1.807, 2.05) is 0 Å². The lowest BCUT2D eigenvalue weighted by Gasteiger charge is -2.14. The van der Waals surface area contributed by atoms with E-state index in [9.17, 15) is 23.5 Å². The first-order chi connectivity index (χ1) is 11.8. The Morgan fingerprint density at radius 3 is 2.40 bits per heavy atom. The summed E-state index contributed by atoms with van der Waals surface area (Å²) in [5.41, 5.74) is 1.57. The van der Waals surface area contributed by atoms with Crippen molar-refractivity contribution >= 4 is 11.9 Å². The number of hydrogen-bond donors (Lipinski definition) is 2. The first-order valence-corrected chi connectivity index (χ1v) is 7.68. The molecular weight excluding hydrogens is 332 g/mol. The van der Waals surface area contributed by atoms with Crippen LogP contribution in [0.15, 0.2) is 30.3 Å². The second-order valence-electron chi connectivity index (χ2n) is 5.65. The van der Waals surface area contributed by atoms with Crippen LogP contribution >= 0.6 is 0 Å². The summed E-state index contributed by atoms with van der Waals surface area (Å²) >= 11 is 0. The summed E-state index contributed by atoms with van der Waals surface area (Å²) in [4.78, 5) is 23.5. The molecule has 0 spiro atoms. The third-order valence-electron chi connectivity index (χ3n) is 4.00. The van der Waals surface area contributed by atoms with Gasteiger partial charge in [-0.05, 0) is 19.4 Å². The Bertz CT molecular complexity index is 760. The lowest BCUT2D eigenvalue weighted by molar-refractivity contribution is -0.138. The zero-order valence-electron chi connectivity index (χ0n) is 13.9. The highest BCUT2D eigenvalue weighted by Crippen LogP contribution is 2.20. The lowest BCUT2D eigenvalue weighted by atomic mass is 9.99. The van der Waals surface area contributed by atoms with E-state index in [0.29, 0.717) is 21.5 Å². The van der Waals surface area contributed by atoms with Crippen LogP contribution in [-0.4, -0.2) is 33.3 Å². The number of carbonyl (C=O) groups excluding carboxylic acids is 1. The molecule has 1 aromatic heterocycles. The molecule has 2 rings (SSSR count). The SMILES string of the molecule is Cc1nn(C(F)F)c(C)c1CC(=O)NCC(C(=O)O)c1ccccc1. The highest BCUT2D eigenvalue weighted by atomic mass is 19.3. The molecule has 1 amide bonds. The number of benzene rings is 1. The van der Waals surface area contributed by atoms with Gasteiger partial charge in [0.1, 0.15) is 0 Å². The van der Waals surface area contributed by atoms with E-state index in [4.69, 9.17) is 0 Å². The third-order valence-corrected chi connectivity index (χ3v) is 4.00. The average molecular weight is 351 g/mol. The van der Waals surface area contributed by atoms with E-state index in [0.717, 1.165) is 0 Å². The van der Waals surface area contributed by atoms with Gasteiger partial charge < -0.3 is 10.4 Å². The van der Waals surface area contributed by atoms with Crippen molar-refractivity contribution in [2.75, 3.05) is 6.54 Å². The number of carboxylic acids is 1. The molecule has 134 valence electrons. The van der Waals surface area contributed by atoms with Gasteiger partial charge in [0, 0.05) is 17.8 Å². The quantitative estimate of drug-likeness (QED) is 0.802. The number of aryl methyl sites for hydroxylation is 1. The van der Waals surface area contributed by atoms with Crippen LogP contribution < -0.4 is 5.32 Å². The van der Waals surface area contributed by atoms with Crippen molar-refractivity contribution in [2.24, 2.45) is 0 Å². The summed E-state index contributed by atoms with van der Waals surface area (Å²) in [5, 5.41) is 15.6. The molecule has 0 fully saturated rings. The smallest absolute Gasteiger partial charge is 0.333 e. The van der Waals surface area contributed by atoms with Gasteiger partial charge in [0.05, 0.1) is 18.0 Å². The highest BCUT2D eigenvalue weighted by Gasteiger charge is 2.22. The van der Waals surface area contributed by atoms with Gasteiger partial charge >= 0.3 is 12.5 Å². The van der Waals surface area contributed by atoms with Gasteiger partial charge in [0.25, 0.3) is 0 Å². The van der Waals surface area contributed by atoms with Crippen LogP contribution in [0.4, 0.5) is 8.78 Å². The normalized spacial score (nSPS) is 12.2. The maximum atomic E-state index is 12.8. The summed E-state index contributed by atoms with van der Waals surface area (Å²) in [5.74, 6) is -2.37. The minimum Gasteiger partial charge on any atom is -0.481 e. The predicted molar refractivity (Wildman–Crippen MR) is 86.5 cm³/mol. The monoisotopic (exact) mass is 351 g/mol. The molecule has 6 nitrogen and oxygen atoms in total. The Morgan fingerprint density at radius 1 is 1.24 bits per heavy atom. The summed E-state index contributed by atoms with van der Waals surface area (Å²) in [6.07, 6.45) is -0.133. The minimum absolute atomic E-state index is 0.0841. The number of amides is 1. The second-order valence-corrected chi connectivity index (χ2v) is 5.65. The van der Waals surface area contributed by atoms with E-state index in [1.165, 1.54) is 6.92 Å². The maximum Gasteiger partial charge on any atom is 0.333 e. The molecule has 0 radical (unpaired) electrons. The molecule has 0 bridgehead atoms. The molecule has 1 atom stereocenters. The van der Waals surface area contributed by atoms with Crippen LogP contribution in [0.25, 0.3) is 0 Å². The first-order valence-electron chi connectivity index (χ1n) is 7.68. The number of rotatable bonds is 7. The van der Waals surface area contributed by atoms with E-state index >= 15 is 0 Å². The summed E-state index contributed by atoms with van der Waals surface area (Å²) < 4.78 is 26.2. The molecule has 0 aliphatic rings. The van der Waals surface area contributed by atoms with Crippen LogP contribution in [0.1, 0.15) is 35.0 Å². The molecule has 1 aromatic carbocycles. The fourth-order valence-electron chi connectivity index (χ4n) is 2.61. The van der Waals surface area contributed by atoms with Crippen LogP contribution in [0, 0.1) is 13.8 Å². The van der Waals surface area contributed by atoms with Gasteiger partial charge in [0.15, 0.2) is 0 Å². The molecule has 0 aliphatic heterocycles. The largest absolute Gasteiger partial charge is 0.481 e. The highest BCUT2D eigenvalue weighted by molar-refractivity contribution is 5.81. The zero-order valence-corrected chi connectivity index (χ0v) is 13.9. The van der Waals surface area contributed by atoms with Gasteiger partial charge in [-0.25, -0.2) is 4.68 Å². The van der Waals surface area contributed by atoms with Crippen LogP contribution in [0.3, 0.4) is 0 Å². The Balaban J connectivity index is 2.04. The molecule has 0 saturated heterocycles. The molecule has 1 unspecified atom stereocenters. The summed E-state index contributed by atoms with van der Waals surface area (Å²) in [6.45, 7) is 0.168. The standard InChI is InChI=1S/C17H19F2N3O3/c1-10-13(11(2)22(21-10)17(18)19)8-15(23)20-9-14(16(24)25)12-6-4-3-5-7-12/h3-7,14,17H,8-9H2,1-2H3,(H,20,23)(H,24,25). The van der Waals surface area contributed by atoms with Crippen LogP contribution in [0.2, 0.25) is 0 Å². The number of nitrogens with one attached hydrogen (secondary N) is 1. The number of aliphatic carboxylic acids is 1. The van der Waals surface area contributed by atoms with Crippen molar-refractivity contribution in [1.82, 2.24) is 15.1 Å². The van der Waals surface area contributed by atoms with Crippen molar-refractivity contribution in [3.05, 3.63) is 52.8 Å². The molecule has 25 heavy (non-hydrogen) atoms. The average Bonchev–Trinajstić information content (AvgIpc) is 2.84. The van der Waals surface area contributed by atoms with Crippen molar-refractivity contribution in [3.63, 3.8) is 0 Å². The van der Waals surface area contributed by atoms with Gasteiger partial charge in [-0.15, -0.1) is 0 Å². The molecule has 0 saturated carbocycles. The molecule has 1 heterocycles. The van der Waals surface area contributed by atoms with Gasteiger partial charge in [-0.2, -0.15) is 13.9 Å². The Labute approximate surface area is 143 Å². The molecule has 8 heteroatoms. The van der Waals surface area contributed by atoms with Crippen molar-refractivity contribution < 1.29 is 23.5 Å². The Morgan fingerprint density at radius 2 is 1.88 bits per heavy atom. The molecular formula is C17H19F2N3O3. The van der Waals surface area contributed by atoms with E-state index < -0.39 is 24.3 Å². The Kier molecular flexibility index (Phi) is 5.84. The molecule has 2 N–H and O–H groups in total. The Hall–Kier alpha value is -2.77. The number of aromatic nitrogens is 2. The van der Waals surface area contributed by atoms with E-state index in [2.05, 4.69) is 10.4 Å². The molecule has 0 aliphatic carbocycles. The topological polar surface area (TPSA) is 84.2 Å². The predicted octanol–water partition coefficient (Wildman–Crippen LogP) is 2.42. The van der Waals surface area contributed by atoms with Crippen molar-refractivity contribution in [1.29, 1.82) is 0 Å². The zero-order chi connectivity index (χ0) is 18.6. The lowest BCUT2D eigenvalue weighted by Crippen LogP contribution is -2.32. The summed E-state index contributed by atoms with van der Waals surface area (Å²) in [6, 6.07) is 8.56. The number of hydrogen-bond acceptors (Lipinski definition) is 3. The number of halogens is 2. The van der Waals surface area contributed by atoms with E-state index in [1.54, 1.807) is 37.3 Å². The third kappa shape index (κ3) is 4.40. The van der Waals surface area contributed by atoms with Gasteiger partial charge in [0.2, 0.25) is 5.91 Å². The number of alkyl halides is 2. The van der Waals surface area contributed by atoms with Crippen molar-refractivity contribution in [2.45, 2.75) is 32.7 Å². The fraction of sp³-hybridized carbons (Fsp3) is 0.353. The number of carbonyl (C=O) groups is 2.